The molecule has 1 fully saturated rings. The van der Waals surface area contributed by atoms with E-state index in [1.807, 2.05) is 13.0 Å². The van der Waals surface area contributed by atoms with Gasteiger partial charge >= 0.3 is 0 Å². The summed E-state index contributed by atoms with van der Waals surface area (Å²) < 4.78 is 18.6. The van der Waals surface area contributed by atoms with Crippen molar-refractivity contribution in [2.45, 2.75) is 26.3 Å². The topological polar surface area (TPSA) is 67.3 Å². The molecule has 3 rings (SSSR count). The maximum absolute atomic E-state index is 13.4. The largest absolute Gasteiger partial charge is 0.481 e. The Labute approximate surface area is 146 Å². The van der Waals surface area contributed by atoms with Crippen molar-refractivity contribution in [1.29, 1.82) is 0 Å². The van der Waals surface area contributed by atoms with E-state index in [-0.39, 0.29) is 24.8 Å². The summed E-state index contributed by atoms with van der Waals surface area (Å²) in [6.07, 6.45) is 2.30. The molecule has 1 aromatic carbocycles. The summed E-state index contributed by atoms with van der Waals surface area (Å²) in [6, 6.07) is 7.84. The highest BCUT2D eigenvalue weighted by atomic mass is 19.1. The maximum Gasteiger partial charge on any atom is 0.258 e. The van der Waals surface area contributed by atoms with E-state index >= 15 is 0 Å². The Bertz CT molecular complexity index is 748. The Balaban J connectivity index is 1.54. The predicted molar refractivity (Wildman–Crippen MR) is 92.0 cm³/mol. The van der Waals surface area contributed by atoms with Crippen molar-refractivity contribution in [3.05, 3.63) is 47.5 Å². The smallest absolute Gasteiger partial charge is 0.258 e. The van der Waals surface area contributed by atoms with E-state index in [2.05, 4.69) is 20.2 Å². The van der Waals surface area contributed by atoms with Gasteiger partial charge in [-0.3, -0.25) is 4.79 Å². The van der Waals surface area contributed by atoms with Crippen LogP contribution in [0.2, 0.25) is 0 Å². The van der Waals surface area contributed by atoms with Crippen molar-refractivity contribution in [2.24, 2.45) is 0 Å². The number of carbonyl (C=O) groups is 1. The molecule has 1 aliphatic heterocycles. The zero-order valence-corrected chi connectivity index (χ0v) is 14.2. The van der Waals surface area contributed by atoms with Crippen LogP contribution in [0.5, 0.6) is 5.75 Å². The average Bonchev–Trinajstić information content (AvgIpc) is 3.13. The van der Waals surface area contributed by atoms with E-state index in [0.717, 1.165) is 37.3 Å². The van der Waals surface area contributed by atoms with Crippen molar-refractivity contribution in [3.63, 3.8) is 0 Å². The highest BCUT2D eigenvalue weighted by Crippen LogP contribution is 2.17. The van der Waals surface area contributed by atoms with Crippen LogP contribution in [-0.2, 0) is 11.3 Å². The molecule has 1 saturated heterocycles. The molecule has 6 nitrogen and oxygen atoms in total. The highest BCUT2D eigenvalue weighted by molar-refractivity contribution is 5.77. The summed E-state index contributed by atoms with van der Waals surface area (Å²) in [4.78, 5) is 23.1. The SMILES string of the molecule is Cc1cc(CNC(=O)COc2ccccc2F)nc(N2CCCC2)n1. The van der Waals surface area contributed by atoms with Gasteiger partial charge in [-0.05, 0) is 38.0 Å². The molecule has 0 bridgehead atoms. The molecule has 0 radical (unpaired) electrons. The van der Waals surface area contributed by atoms with E-state index in [4.69, 9.17) is 4.74 Å². The number of rotatable bonds is 6. The molecule has 25 heavy (non-hydrogen) atoms. The standard InChI is InChI=1S/C18H21FN4O2/c1-13-10-14(22-18(21-13)23-8-4-5-9-23)11-20-17(24)12-25-16-7-3-2-6-15(16)19/h2-3,6-7,10H,4-5,8-9,11-12H2,1H3,(H,20,24). The summed E-state index contributed by atoms with van der Waals surface area (Å²) in [6.45, 7) is 3.87. The number of hydrogen-bond acceptors (Lipinski definition) is 5. The van der Waals surface area contributed by atoms with Crippen molar-refractivity contribution in [2.75, 3.05) is 24.6 Å². The molecule has 0 spiro atoms. The number of nitrogens with zero attached hydrogens (tertiary/aromatic N) is 3. The van der Waals surface area contributed by atoms with Gasteiger partial charge in [0.15, 0.2) is 18.2 Å². The minimum absolute atomic E-state index is 0.0619. The molecule has 7 heteroatoms. The van der Waals surface area contributed by atoms with E-state index in [1.165, 1.54) is 12.1 Å². The number of anilines is 1. The zero-order valence-electron chi connectivity index (χ0n) is 14.2. The first-order valence-corrected chi connectivity index (χ1v) is 8.35. The maximum atomic E-state index is 13.4. The average molecular weight is 344 g/mol. The van der Waals surface area contributed by atoms with Gasteiger partial charge in [0.2, 0.25) is 5.95 Å². The number of hydrogen-bond donors (Lipinski definition) is 1. The molecule has 2 aromatic rings. The third kappa shape index (κ3) is 4.65. The van der Waals surface area contributed by atoms with Gasteiger partial charge in [0.25, 0.3) is 5.91 Å². The van der Waals surface area contributed by atoms with E-state index in [1.54, 1.807) is 12.1 Å². The fourth-order valence-electron chi connectivity index (χ4n) is 2.71. The first-order chi connectivity index (χ1) is 12.1. The van der Waals surface area contributed by atoms with Crippen LogP contribution in [0.3, 0.4) is 0 Å². The van der Waals surface area contributed by atoms with Crippen LogP contribution in [0.15, 0.2) is 30.3 Å². The molecule has 1 aromatic heterocycles. The van der Waals surface area contributed by atoms with E-state index in [0.29, 0.717) is 5.95 Å². The van der Waals surface area contributed by atoms with Gasteiger partial charge in [-0.15, -0.1) is 0 Å². The summed E-state index contributed by atoms with van der Waals surface area (Å²) >= 11 is 0. The second-order valence-electron chi connectivity index (χ2n) is 5.99. The molecule has 0 atom stereocenters. The zero-order chi connectivity index (χ0) is 17.6. The number of carbonyl (C=O) groups excluding carboxylic acids is 1. The predicted octanol–water partition coefficient (Wildman–Crippen LogP) is 2.22. The Morgan fingerprint density at radius 3 is 2.80 bits per heavy atom. The van der Waals surface area contributed by atoms with Crippen molar-refractivity contribution in [1.82, 2.24) is 15.3 Å². The van der Waals surface area contributed by atoms with Gasteiger partial charge in [0.05, 0.1) is 12.2 Å². The first-order valence-electron chi connectivity index (χ1n) is 8.35. The summed E-state index contributed by atoms with van der Waals surface area (Å²) in [5.41, 5.74) is 1.61. The van der Waals surface area contributed by atoms with Gasteiger partial charge in [-0.25, -0.2) is 14.4 Å². The van der Waals surface area contributed by atoms with Crippen molar-refractivity contribution in [3.8, 4) is 5.75 Å². The van der Waals surface area contributed by atoms with Gasteiger partial charge < -0.3 is 15.0 Å². The Morgan fingerprint density at radius 2 is 2.04 bits per heavy atom. The molecule has 0 aliphatic carbocycles. The molecule has 1 aliphatic rings. The molecule has 1 amide bonds. The summed E-state index contributed by atoms with van der Waals surface area (Å²) in [7, 11) is 0. The third-order valence-corrected chi connectivity index (χ3v) is 3.95. The van der Waals surface area contributed by atoms with Crippen LogP contribution in [-0.4, -0.2) is 35.6 Å². The molecular weight excluding hydrogens is 323 g/mol. The van der Waals surface area contributed by atoms with Gasteiger partial charge in [-0.2, -0.15) is 0 Å². The lowest BCUT2D eigenvalue weighted by molar-refractivity contribution is -0.123. The number of para-hydroxylation sites is 1. The number of halogens is 1. The monoisotopic (exact) mass is 344 g/mol. The lowest BCUT2D eigenvalue weighted by atomic mass is 10.3. The molecule has 132 valence electrons. The second-order valence-corrected chi connectivity index (χ2v) is 5.99. The first kappa shape index (κ1) is 17.1. The summed E-state index contributed by atoms with van der Waals surface area (Å²) in [5.74, 6) is -0.0459. The molecule has 1 N–H and O–H groups in total. The van der Waals surface area contributed by atoms with Gasteiger partial charge in [-0.1, -0.05) is 12.1 Å². The lowest BCUT2D eigenvalue weighted by Gasteiger charge is -2.16. The number of amides is 1. The number of aromatic nitrogens is 2. The van der Waals surface area contributed by atoms with Crippen LogP contribution < -0.4 is 15.0 Å². The molecule has 2 heterocycles. The highest BCUT2D eigenvalue weighted by Gasteiger charge is 2.16. The number of benzene rings is 1. The Kier molecular flexibility index (Phi) is 5.42. The summed E-state index contributed by atoms with van der Waals surface area (Å²) in [5, 5.41) is 2.74. The fourth-order valence-corrected chi connectivity index (χ4v) is 2.71. The van der Waals surface area contributed by atoms with Crippen LogP contribution in [0.1, 0.15) is 24.2 Å². The minimum Gasteiger partial charge on any atom is -0.481 e. The van der Waals surface area contributed by atoms with E-state index in [9.17, 15) is 9.18 Å². The fraction of sp³-hybridized carbons (Fsp3) is 0.389. The van der Waals surface area contributed by atoms with Crippen LogP contribution >= 0.6 is 0 Å². The molecule has 0 saturated carbocycles. The number of ether oxygens (including phenoxy) is 1. The third-order valence-electron chi connectivity index (χ3n) is 3.95. The second kappa shape index (κ2) is 7.92. The van der Waals surface area contributed by atoms with Gasteiger partial charge in [0, 0.05) is 18.8 Å². The lowest BCUT2D eigenvalue weighted by Crippen LogP contribution is -2.29. The molecule has 0 unspecified atom stereocenters. The molecular formula is C18H21FN4O2. The number of nitrogens with one attached hydrogen (secondary N) is 1. The van der Waals surface area contributed by atoms with Crippen molar-refractivity contribution >= 4 is 11.9 Å². The van der Waals surface area contributed by atoms with Crippen LogP contribution in [0.4, 0.5) is 10.3 Å². The minimum atomic E-state index is -0.489. The van der Waals surface area contributed by atoms with Crippen LogP contribution in [0.25, 0.3) is 0 Å². The van der Waals surface area contributed by atoms with Crippen molar-refractivity contribution < 1.29 is 13.9 Å². The van der Waals surface area contributed by atoms with E-state index < -0.39 is 5.82 Å². The van der Waals surface area contributed by atoms with Gasteiger partial charge in [0.1, 0.15) is 0 Å². The quantitative estimate of drug-likeness (QED) is 0.870. The Morgan fingerprint density at radius 1 is 1.28 bits per heavy atom. The Hall–Kier alpha value is -2.70. The number of aryl methyl sites for hydroxylation is 1. The normalized spacial score (nSPS) is 13.8. The van der Waals surface area contributed by atoms with Crippen LogP contribution in [0, 0.1) is 12.7 Å².